The Hall–Kier alpha value is -2.97. The third-order valence-corrected chi connectivity index (χ3v) is 5.96. The fraction of sp³-hybridized carbons (Fsp3) is 0.364. The molecule has 0 bridgehead atoms. The van der Waals surface area contributed by atoms with E-state index in [1.54, 1.807) is 30.5 Å². The summed E-state index contributed by atoms with van der Waals surface area (Å²) in [4.78, 5) is 36.5. The van der Waals surface area contributed by atoms with Gasteiger partial charge in [-0.05, 0) is 44.7 Å². The van der Waals surface area contributed by atoms with Crippen LogP contribution in [0.25, 0.3) is 11.0 Å². The number of anilines is 1. The molecule has 1 fully saturated rings. The number of nitrogens with zero attached hydrogens (tertiary/aromatic N) is 2. The van der Waals surface area contributed by atoms with Gasteiger partial charge >= 0.3 is 0 Å². The smallest absolute Gasteiger partial charge is 0.248 e. The molecule has 1 aromatic carbocycles. The van der Waals surface area contributed by atoms with Crippen molar-refractivity contribution >= 4 is 40.1 Å². The van der Waals surface area contributed by atoms with Gasteiger partial charge in [-0.2, -0.15) is 0 Å². The molecular weight excluding hydrogens is 418 g/mol. The third-order valence-electron chi connectivity index (χ3n) is 5.63. The van der Waals surface area contributed by atoms with Gasteiger partial charge in [-0.15, -0.1) is 0 Å². The van der Waals surface area contributed by atoms with Crippen LogP contribution in [-0.2, 0) is 4.79 Å². The number of benzene rings is 1. The van der Waals surface area contributed by atoms with Crippen LogP contribution in [0.4, 0.5) is 5.82 Å². The molecule has 9 heteroatoms. The number of aliphatic hydroxyl groups excluding tert-OH is 1. The van der Waals surface area contributed by atoms with Gasteiger partial charge in [-0.3, -0.25) is 9.59 Å². The molecule has 2 aromatic heterocycles. The number of amides is 1. The minimum absolute atomic E-state index is 0.0511. The van der Waals surface area contributed by atoms with Crippen molar-refractivity contribution < 1.29 is 14.7 Å². The Labute approximate surface area is 184 Å². The SMILES string of the molecule is C[C@H](O)C(=O)N[C@H]1CC[C@@H](Nc2ncnc3[nH]cc(C(=O)c4ccccc4Cl)c23)CC1. The lowest BCUT2D eigenvalue weighted by Crippen LogP contribution is -2.43. The second-order valence-corrected chi connectivity index (χ2v) is 8.24. The Morgan fingerprint density at radius 2 is 1.84 bits per heavy atom. The number of H-pyrrole nitrogens is 1. The maximum Gasteiger partial charge on any atom is 0.248 e. The number of nitrogens with one attached hydrogen (secondary N) is 3. The van der Waals surface area contributed by atoms with E-state index >= 15 is 0 Å². The summed E-state index contributed by atoms with van der Waals surface area (Å²) in [6.45, 7) is 1.46. The molecule has 2 heterocycles. The van der Waals surface area contributed by atoms with Crippen molar-refractivity contribution in [1.82, 2.24) is 20.3 Å². The highest BCUT2D eigenvalue weighted by Crippen LogP contribution is 2.30. The summed E-state index contributed by atoms with van der Waals surface area (Å²) < 4.78 is 0. The minimum Gasteiger partial charge on any atom is -0.384 e. The average molecular weight is 442 g/mol. The van der Waals surface area contributed by atoms with E-state index in [1.165, 1.54) is 13.3 Å². The first kappa shape index (κ1) is 21.3. The predicted octanol–water partition coefficient (Wildman–Crippen LogP) is 3.06. The predicted molar refractivity (Wildman–Crippen MR) is 118 cm³/mol. The van der Waals surface area contributed by atoms with Gasteiger partial charge in [-0.25, -0.2) is 9.97 Å². The zero-order chi connectivity index (χ0) is 22.0. The summed E-state index contributed by atoms with van der Waals surface area (Å²) in [7, 11) is 0. The van der Waals surface area contributed by atoms with E-state index in [4.69, 9.17) is 11.6 Å². The molecular formula is C22H24ClN5O3. The highest BCUT2D eigenvalue weighted by molar-refractivity contribution is 6.35. The molecule has 0 aliphatic heterocycles. The molecule has 0 spiro atoms. The average Bonchev–Trinajstić information content (AvgIpc) is 3.20. The summed E-state index contributed by atoms with van der Waals surface area (Å²) in [5.41, 5.74) is 1.46. The number of carbonyl (C=O) groups excluding carboxylic acids is 2. The second-order valence-electron chi connectivity index (χ2n) is 7.83. The first-order valence-corrected chi connectivity index (χ1v) is 10.7. The lowest BCUT2D eigenvalue weighted by Gasteiger charge is -2.30. The van der Waals surface area contributed by atoms with E-state index in [9.17, 15) is 14.7 Å². The number of fused-ring (bicyclic) bond motifs is 1. The zero-order valence-electron chi connectivity index (χ0n) is 17.1. The molecule has 8 nitrogen and oxygen atoms in total. The zero-order valence-corrected chi connectivity index (χ0v) is 17.8. The van der Waals surface area contributed by atoms with Crippen molar-refractivity contribution in [3.63, 3.8) is 0 Å². The van der Waals surface area contributed by atoms with E-state index in [2.05, 4.69) is 25.6 Å². The highest BCUT2D eigenvalue weighted by atomic mass is 35.5. The normalized spacial score (nSPS) is 19.7. The summed E-state index contributed by atoms with van der Waals surface area (Å²) >= 11 is 6.23. The standard InChI is InChI=1S/C22H24ClN5O3/c1-12(29)22(31)28-14-8-6-13(7-9-14)27-21-18-16(10-24-20(18)25-11-26-21)19(30)15-4-2-3-5-17(15)23/h2-5,10-14,29H,6-9H2,1H3,(H,28,31)(H2,24,25,26,27)/t12-,13-,14+/m0/s1. The fourth-order valence-corrected chi connectivity index (χ4v) is 4.16. The summed E-state index contributed by atoms with van der Waals surface area (Å²) in [5, 5.41) is 16.7. The molecule has 0 radical (unpaired) electrons. The van der Waals surface area contributed by atoms with Crippen LogP contribution in [0.3, 0.4) is 0 Å². The van der Waals surface area contributed by atoms with Gasteiger partial charge in [0.25, 0.3) is 0 Å². The van der Waals surface area contributed by atoms with Gasteiger partial charge in [0.1, 0.15) is 23.9 Å². The van der Waals surface area contributed by atoms with E-state index in [1.807, 2.05) is 0 Å². The van der Waals surface area contributed by atoms with E-state index in [0.717, 1.165) is 25.7 Å². The number of halogens is 1. The van der Waals surface area contributed by atoms with Crippen LogP contribution in [0.1, 0.15) is 48.5 Å². The Morgan fingerprint density at radius 1 is 1.13 bits per heavy atom. The largest absolute Gasteiger partial charge is 0.384 e. The molecule has 4 N–H and O–H groups in total. The quantitative estimate of drug-likeness (QED) is 0.436. The Balaban J connectivity index is 1.52. The first-order valence-electron chi connectivity index (χ1n) is 10.3. The van der Waals surface area contributed by atoms with Crippen LogP contribution in [0.2, 0.25) is 5.02 Å². The van der Waals surface area contributed by atoms with Crippen LogP contribution < -0.4 is 10.6 Å². The Kier molecular flexibility index (Phi) is 6.20. The van der Waals surface area contributed by atoms with Crippen LogP contribution >= 0.6 is 11.6 Å². The molecule has 1 aliphatic rings. The molecule has 3 aromatic rings. The molecule has 1 aliphatic carbocycles. The maximum absolute atomic E-state index is 13.1. The van der Waals surface area contributed by atoms with E-state index in [-0.39, 0.29) is 23.8 Å². The molecule has 1 atom stereocenters. The van der Waals surface area contributed by atoms with Crippen molar-refractivity contribution in [3.8, 4) is 0 Å². The van der Waals surface area contributed by atoms with Gasteiger partial charge < -0.3 is 20.7 Å². The van der Waals surface area contributed by atoms with Crippen molar-refractivity contribution in [2.24, 2.45) is 0 Å². The summed E-state index contributed by atoms with van der Waals surface area (Å²) in [5.74, 6) is 0.0568. The third kappa shape index (κ3) is 4.55. The lowest BCUT2D eigenvalue weighted by molar-refractivity contribution is -0.129. The molecule has 31 heavy (non-hydrogen) atoms. The Morgan fingerprint density at radius 3 is 2.55 bits per heavy atom. The number of hydrogen-bond donors (Lipinski definition) is 4. The Bertz CT molecular complexity index is 1110. The number of rotatable bonds is 6. The van der Waals surface area contributed by atoms with Crippen LogP contribution in [-0.4, -0.2) is 49.9 Å². The van der Waals surface area contributed by atoms with E-state index < -0.39 is 6.10 Å². The molecule has 0 saturated heterocycles. The molecule has 4 rings (SSSR count). The number of carbonyl (C=O) groups is 2. The highest BCUT2D eigenvalue weighted by Gasteiger charge is 2.26. The maximum atomic E-state index is 13.1. The van der Waals surface area contributed by atoms with Gasteiger partial charge in [-0.1, -0.05) is 23.7 Å². The van der Waals surface area contributed by atoms with Gasteiger partial charge in [0.05, 0.1) is 16.0 Å². The van der Waals surface area contributed by atoms with Crippen molar-refractivity contribution in [2.75, 3.05) is 5.32 Å². The number of aliphatic hydroxyl groups is 1. The number of ketones is 1. The monoisotopic (exact) mass is 441 g/mol. The summed E-state index contributed by atoms with van der Waals surface area (Å²) in [6, 6.07) is 7.14. The first-order chi connectivity index (χ1) is 14.9. The van der Waals surface area contributed by atoms with Crippen molar-refractivity contribution in [1.29, 1.82) is 0 Å². The number of aromatic nitrogens is 3. The molecule has 1 amide bonds. The summed E-state index contributed by atoms with van der Waals surface area (Å²) in [6.07, 6.45) is 5.33. The van der Waals surface area contributed by atoms with Crippen molar-refractivity contribution in [3.05, 3.63) is 52.9 Å². The minimum atomic E-state index is -1.01. The number of hydrogen-bond acceptors (Lipinski definition) is 6. The van der Waals surface area contributed by atoms with E-state index in [0.29, 0.717) is 33.0 Å². The van der Waals surface area contributed by atoms with Gasteiger partial charge in [0.15, 0.2) is 5.78 Å². The second kappa shape index (κ2) is 9.03. The van der Waals surface area contributed by atoms with Crippen LogP contribution in [0.15, 0.2) is 36.8 Å². The van der Waals surface area contributed by atoms with Gasteiger partial charge in [0.2, 0.25) is 5.91 Å². The molecule has 0 unspecified atom stereocenters. The molecule has 1 saturated carbocycles. The van der Waals surface area contributed by atoms with Gasteiger partial charge in [0, 0.05) is 23.8 Å². The lowest BCUT2D eigenvalue weighted by atomic mass is 9.91. The fourth-order valence-electron chi connectivity index (χ4n) is 3.94. The number of aromatic amines is 1. The van der Waals surface area contributed by atoms with Crippen LogP contribution in [0.5, 0.6) is 0 Å². The topological polar surface area (TPSA) is 120 Å². The van der Waals surface area contributed by atoms with Crippen LogP contribution in [0, 0.1) is 0 Å². The molecule has 162 valence electrons. The van der Waals surface area contributed by atoms with Crippen molar-refractivity contribution in [2.45, 2.75) is 50.8 Å².